The lowest BCUT2D eigenvalue weighted by molar-refractivity contribution is -0.126. The van der Waals surface area contributed by atoms with E-state index in [0.29, 0.717) is 17.9 Å². The van der Waals surface area contributed by atoms with E-state index >= 15 is 4.39 Å². The number of fused-ring (bicyclic) bond motifs is 1. The monoisotopic (exact) mass is 542 g/mol. The Morgan fingerprint density at radius 1 is 1.03 bits per heavy atom. The predicted molar refractivity (Wildman–Crippen MR) is 151 cm³/mol. The maximum Gasteiger partial charge on any atom is 0.234 e. The van der Waals surface area contributed by atoms with Crippen LogP contribution in [0.15, 0.2) is 79.4 Å². The van der Waals surface area contributed by atoms with Crippen molar-refractivity contribution in [3.05, 3.63) is 90.8 Å². The van der Waals surface area contributed by atoms with Crippen LogP contribution in [0.25, 0.3) is 20.8 Å². The number of halogens is 1. The van der Waals surface area contributed by atoms with Gasteiger partial charge in [-0.1, -0.05) is 24.3 Å². The standard InChI is InChI=1S/C30H27FN4O3S/c1-3-34-18-25(33-19-34)28-17-24-30(39-28)27(12-13-32-24)38-26-11-10-20(15-23(26)31)14-22(36)16-29(37)35(4-2)21-8-6-5-7-9-21/h5-13,15,17-19H,3-4,14,16H2,1-2H3. The van der Waals surface area contributed by atoms with Gasteiger partial charge < -0.3 is 14.2 Å². The Hall–Kier alpha value is -4.37. The topological polar surface area (TPSA) is 77.3 Å². The summed E-state index contributed by atoms with van der Waals surface area (Å²) in [6.07, 6.45) is 5.07. The second-order valence-electron chi connectivity index (χ2n) is 8.96. The third-order valence-electron chi connectivity index (χ3n) is 6.28. The van der Waals surface area contributed by atoms with E-state index in [4.69, 9.17) is 4.74 Å². The maximum atomic E-state index is 15.0. The summed E-state index contributed by atoms with van der Waals surface area (Å²) in [5, 5.41) is 0. The summed E-state index contributed by atoms with van der Waals surface area (Å²) in [6, 6.07) is 17.3. The minimum absolute atomic E-state index is 0.0428. The summed E-state index contributed by atoms with van der Waals surface area (Å²) < 4.78 is 23.7. The maximum absolute atomic E-state index is 15.0. The van der Waals surface area contributed by atoms with Crippen LogP contribution in [-0.2, 0) is 22.6 Å². The first-order valence-corrected chi connectivity index (χ1v) is 13.5. The molecule has 5 aromatic rings. The van der Waals surface area contributed by atoms with Crippen molar-refractivity contribution in [3.63, 3.8) is 0 Å². The SMILES string of the molecule is CCN(C(=O)CC(=O)Cc1ccc(Oc2ccnc3cc(-c4cn(CC)cn4)sc23)c(F)c1)c1ccccc1. The molecule has 0 radical (unpaired) electrons. The molecule has 0 bridgehead atoms. The molecule has 0 saturated carbocycles. The summed E-state index contributed by atoms with van der Waals surface area (Å²) >= 11 is 1.48. The molecule has 0 unspecified atom stereocenters. The third-order valence-corrected chi connectivity index (χ3v) is 7.44. The van der Waals surface area contributed by atoms with Crippen molar-refractivity contribution in [2.75, 3.05) is 11.4 Å². The highest BCUT2D eigenvalue weighted by Crippen LogP contribution is 2.39. The molecule has 39 heavy (non-hydrogen) atoms. The number of hydrogen-bond donors (Lipinski definition) is 0. The lowest BCUT2D eigenvalue weighted by atomic mass is 10.1. The quantitative estimate of drug-likeness (QED) is 0.184. The zero-order chi connectivity index (χ0) is 27.4. The van der Waals surface area contributed by atoms with E-state index in [-0.39, 0.29) is 30.3 Å². The number of imidazole rings is 1. The molecule has 0 saturated heterocycles. The zero-order valence-electron chi connectivity index (χ0n) is 21.6. The lowest BCUT2D eigenvalue weighted by Gasteiger charge is -2.20. The van der Waals surface area contributed by atoms with Crippen LogP contribution in [0.3, 0.4) is 0 Å². The van der Waals surface area contributed by atoms with Gasteiger partial charge in [-0.25, -0.2) is 9.37 Å². The summed E-state index contributed by atoms with van der Waals surface area (Å²) in [4.78, 5) is 36.7. The number of ketones is 1. The Morgan fingerprint density at radius 2 is 1.85 bits per heavy atom. The molecule has 2 aromatic carbocycles. The highest BCUT2D eigenvalue weighted by atomic mass is 32.1. The first kappa shape index (κ1) is 26.2. The van der Waals surface area contributed by atoms with Crippen LogP contribution in [0.4, 0.5) is 10.1 Å². The van der Waals surface area contributed by atoms with Crippen molar-refractivity contribution in [3.8, 4) is 22.1 Å². The van der Waals surface area contributed by atoms with Gasteiger partial charge in [0, 0.05) is 43.7 Å². The van der Waals surface area contributed by atoms with E-state index < -0.39 is 5.82 Å². The van der Waals surface area contributed by atoms with Gasteiger partial charge in [0.25, 0.3) is 0 Å². The van der Waals surface area contributed by atoms with Crippen molar-refractivity contribution < 1.29 is 18.7 Å². The molecule has 0 atom stereocenters. The molecule has 0 spiro atoms. The van der Waals surface area contributed by atoms with E-state index in [0.717, 1.165) is 33.0 Å². The van der Waals surface area contributed by atoms with Gasteiger partial charge in [-0.2, -0.15) is 0 Å². The van der Waals surface area contributed by atoms with Crippen LogP contribution >= 0.6 is 11.3 Å². The first-order valence-electron chi connectivity index (χ1n) is 12.7. The number of thiophene rings is 1. The fourth-order valence-corrected chi connectivity index (χ4v) is 5.33. The molecule has 7 nitrogen and oxygen atoms in total. The minimum Gasteiger partial charge on any atom is -0.453 e. The molecule has 5 rings (SSSR count). The van der Waals surface area contributed by atoms with Gasteiger partial charge in [0.15, 0.2) is 11.6 Å². The van der Waals surface area contributed by atoms with Gasteiger partial charge in [-0.15, -0.1) is 11.3 Å². The fourth-order valence-electron chi connectivity index (χ4n) is 4.30. The molecule has 0 aliphatic heterocycles. The van der Waals surface area contributed by atoms with Crippen molar-refractivity contribution in [2.45, 2.75) is 33.2 Å². The normalized spacial score (nSPS) is 11.1. The van der Waals surface area contributed by atoms with Crippen LogP contribution in [0, 0.1) is 5.82 Å². The van der Waals surface area contributed by atoms with Gasteiger partial charge in [0.05, 0.1) is 33.5 Å². The average molecular weight is 543 g/mol. The van der Waals surface area contributed by atoms with E-state index in [2.05, 4.69) is 9.97 Å². The number of ether oxygens (including phenoxy) is 1. The summed E-state index contributed by atoms with van der Waals surface area (Å²) in [7, 11) is 0. The molecule has 0 aliphatic rings. The van der Waals surface area contributed by atoms with E-state index in [1.807, 2.05) is 61.0 Å². The Kier molecular flexibility index (Phi) is 7.79. The Bertz CT molecular complexity index is 1630. The number of aromatic nitrogens is 3. The number of rotatable bonds is 10. The van der Waals surface area contributed by atoms with Crippen LogP contribution < -0.4 is 9.64 Å². The Balaban J connectivity index is 1.27. The van der Waals surface area contributed by atoms with E-state index in [9.17, 15) is 9.59 Å². The highest BCUT2D eigenvalue weighted by Gasteiger charge is 2.19. The molecule has 198 valence electrons. The summed E-state index contributed by atoms with van der Waals surface area (Å²) in [6.45, 7) is 5.18. The number of hydrogen-bond acceptors (Lipinski definition) is 6. The van der Waals surface area contributed by atoms with Crippen LogP contribution in [0.5, 0.6) is 11.5 Å². The van der Waals surface area contributed by atoms with Crippen molar-refractivity contribution in [2.24, 2.45) is 0 Å². The van der Waals surface area contributed by atoms with Crippen LogP contribution in [-0.4, -0.2) is 32.8 Å². The molecule has 0 aliphatic carbocycles. The molecule has 0 N–H and O–H groups in total. The third kappa shape index (κ3) is 5.88. The van der Waals surface area contributed by atoms with E-state index in [1.54, 1.807) is 29.6 Å². The smallest absolute Gasteiger partial charge is 0.234 e. The molecule has 3 heterocycles. The fraction of sp³-hybridized carbons (Fsp3) is 0.200. The number of para-hydroxylation sites is 1. The number of nitrogens with zero attached hydrogens (tertiary/aromatic N) is 4. The zero-order valence-corrected chi connectivity index (χ0v) is 22.5. The van der Waals surface area contributed by atoms with Crippen molar-refractivity contribution in [1.29, 1.82) is 0 Å². The number of amides is 1. The molecular formula is C30H27FN4O3S. The van der Waals surface area contributed by atoms with Crippen LogP contribution in [0.2, 0.25) is 0 Å². The largest absolute Gasteiger partial charge is 0.453 e. The number of anilines is 1. The molecule has 3 aromatic heterocycles. The van der Waals surface area contributed by atoms with Crippen molar-refractivity contribution in [1.82, 2.24) is 14.5 Å². The van der Waals surface area contributed by atoms with Gasteiger partial charge in [0.1, 0.15) is 11.5 Å². The van der Waals surface area contributed by atoms with Crippen molar-refractivity contribution >= 4 is 38.9 Å². The molecule has 9 heteroatoms. The van der Waals surface area contributed by atoms with Gasteiger partial charge in [0.2, 0.25) is 5.91 Å². The average Bonchev–Trinajstić information content (AvgIpc) is 3.59. The summed E-state index contributed by atoms with van der Waals surface area (Å²) in [5.41, 5.74) is 2.80. The Morgan fingerprint density at radius 3 is 2.56 bits per heavy atom. The van der Waals surface area contributed by atoms with Gasteiger partial charge in [-0.3, -0.25) is 14.6 Å². The molecule has 1 amide bonds. The summed E-state index contributed by atoms with van der Waals surface area (Å²) in [5.74, 6) is -0.627. The second-order valence-corrected chi connectivity index (χ2v) is 10.0. The van der Waals surface area contributed by atoms with Gasteiger partial charge in [-0.05, 0) is 49.7 Å². The van der Waals surface area contributed by atoms with Gasteiger partial charge >= 0.3 is 0 Å². The Labute approximate surface area is 229 Å². The number of pyridine rings is 1. The van der Waals surface area contributed by atoms with Crippen LogP contribution in [0.1, 0.15) is 25.8 Å². The number of benzene rings is 2. The molecular weight excluding hydrogens is 515 g/mol. The predicted octanol–water partition coefficient (Wildman–Crippen LogP) is 6.67. The lowest BCUT2D eigenvalue weighted by Crippen LogP contribution is -2.32. The first-order chi connectivity index (χ1) is 18.9. The number of carbonyl (C=O) groups is 2. The number of carbonyl (C=O) groups excluding carboxylic acids is 2. The number of aryl methyl sites for hydroxylation is 1. The number of Topliss-reactive ketones (excluding diaryl/α,β-unsaturated/α-hetero) is 1. The minimum atomic E-state index is -0.588. The second kappa shape index (κ2) is 11.6. The van der Waals surface area contributed by atoms with E-state index in [1.165, 1.54) is 23.5 Å². The highest BCUT2D eigenvalue weighted by molar-refractivity contribution is 7.22. The molecule has 0 fully saturated rings.